The van der Waals surface area contributed by atoms with Crippen LogP contribution < -0.4 is 0 Å². The van der Waals surface area contributed by atoms with Crippen LogP contribution in [0, 0.1) is 0 Å². The summed E-state index contributed by atoms with van der Waals surface area (Å²) >= 11 is 0. The van der Waals surface area contributed by atoms with Crippen molar-refractivity contribution in [3.05, 3.63) is 35.9 Å². The van der Waals surface area contributed by atoms with E-state index < -0.39 is 14.4 Å². The minimum absolute atomic E-state index is 0.184. The molecule has 0 spiro atoms. The minimum Gasteiger partial charge on any atom is -0.414 e. The van der Waals surface area contributed by atoms with E-state index in [4.69, 9.17) is 4.43 Å². The van der Waals surface area contributed by atoms with Gasteiger partial charge in [0.25, 0.3) is 0 Å². The lowest BCUT2D eigenvalue weighted by Crippen LogP contribution is -2.41. The first-order valence-electron chi connectivity index (χ1n) is 6.11. The van der Waals surface area contributed by atoms with E-state index in [0.29, 0.717) is 6.61 Å². The third kappa shape index (κ3) is 3.94. The molecular weight excluding hydrogens is 228 g/mol. The Labute approximate surface area is 106 Å². The Morgan fingerprint density at radius 2 is 1.71 bits per heavy atom. The van der Waals surface area contributed by atoms with E-state index in [2.05, 4.69) is 33.9 Å². The lowest BCUT2D eigenvalue weighted by molar-refractivity contribution is 0.100. The second-order valence-electron chi connectivity index (χ2n) is 6.00. The summed E-state index contributed by atoms with van der Waals surface area (Å²) in [5.41, 5.74) is 0.922. The first kappa shape index (κ1) is 14.4. The summed E-state index contributed by atoms with van der Waals surface area (Å²) in [7, 11) is -1.76. The zero-order chi connectivity index (χ0) is 13.1. The summed E-state index contributed by atoms with van der Waals surface area (Å²) in [5, 5.41) is 10.2. The van der Waals surface area contributed by atoms with Crippen molar-refractivity contribution in [2.75, 3.05) is 6.61 Å². The maximum Gasteiger partial charge on any atom is 0.192 e. The maximum absolute atomic E-state index is 10.0. The SMILES string of the molecule is CC(C)(C)[Si](C)(C)OC[C@H](O)c1ccccc1. The molecule has 96 valence electrons. The van der Waals surface area contributed by atoms with Crippen molar-refractivity contribution >= 4 is 8.32 Å². The van der Waals surface area contributed by atoms with Gasteiger partial charge < -0.3 is 9.53 Å². The van der Waals surface area contributed by atoms with E-state index in [1.807, 2.05) is 30.3 Å². The van der Waals surface area contributed by atoms with Crippen LogP contribution in [0.2, 0.25) is 18.1 Å². The molecule has 1 rings (SSSR count). The maximum atomic E-state index is 10.0. The van der Waals surface area contributed by atoms with Crippen LogP contribution in [0.25, 0.3) is 0 Å². The summed E-state index contributed by atoms with van der Waals surface area (Å²) in [6.07, 6.45) is -0.523. The van der Waals surface area contributed by atoms with Crippen LogP contribution in [-0.4, -0.2) is 20.0 Å². The average molecular weight is 252 g/mol. The highest BCUT2D eigenvalue weighted by molar-refractivity contribution is 6.74. The Morgan fingerprint density at radius 3 is 2.18 bits per heavy atom. The van der Waals surface area contributed by atoms with Crippen molar-refractivity contribution in [1.29, 1.82) is 0 Å². The molecule has 0 aromatic heterocycles. The molecular formula is C14H24O2Si. The van der Waals surface area contributed by atoms with Crippen LogP contribution >= 0.6 is 0 Å². The van der Waals surface area contributed by atoms with Gasteiger partial charge in [-0.15, -0.1) is 0 Å². The predicted molar refractivity (Wildman–Crippen MR) is 74.6 cm³/mol. The van der Waals surface area contributed by atoms with Gasteiger partial charge in [-0.05, 0) is 23.7 Å². The molecule has 0 aliphatic heterocycles. The zero-order valence-electron chi connectivity index (χ0n) is 11.5. The van der Waals surface area contributed by atoms with Crippen molar-refractivity contribution in [3.63, 3.8) is 0 Å². The highest BCUT2D eigenvalue weighted by atomic mass is 28.4. The molecule has 0 aliphatic rings. The zero-order valence-corrected chi connectivity index (χ0v) is 12.5. The fourth-order valence-corrected chi connectivity index (χ4v) is 2.28. The van der Waals surface area contributed by atoms with Crippen molar-refractivity contribution in [2.45, 2.75) is 45.0 Å². The molecule has 0 saturated heterocycles. The molecule has 0 fully saturated rings. The van der Waals surface area contributed by atoms with Crippen molar-refractivity contribution in [1.82, 2.24) is 0 Å². The van der Waals surface area contributed by atoms with Crippen molar-refractivity contribution in [2.24, 2.45) is 0 Å². The lowest BCUT2D eigenvalue weighted by atomic mass is 10.1. The molecule has 0 aliphatic carbocycles. The summed E-state index contributed by atoms with van der Waals surface area (Å²) in [6, 6.07) is 9.68. The fraction of sp³-hybridized carbons (Fsp3) is 0.571. The van der Waals surface area contributed by atoms with E-state index in [0.717, 1.165) is 5.56 Å². The number of aliphatic hydroxyl groups excluding tert-OH is 1. The van der Waals surface area contributed by atoms with Crippen molar-refractivity contribution in [3.8, 4) is 0 Å². The van der Waals surface area contributed by atoms with Crippen LogP contribution in [0.3, 0.4) is 0 Å². The molecule has 1 atom stereocenters. The van der Waals surface area contributed by atoms with Gasteiger partial charge in [-0.3, -0.25) is 0 Å². The Balaban J connectivity index is 2.58. The van der Waals surface area contributed by atoms with Crippen LogP contribution in [0.1, 0.15) is 32.4 Å². The molecule has 0 bridgehead atoms. The Hall–Kier alpha value is -0.643. The minimum atomic E-state index is -1.76. The topological polar surface area (TPSA) is 29.5 Å². The molecule has 0 heterocycles. The van der Waals surface area contributed by atoms with Gasteiger partial charge in [-0.25, -0.2) is 0 Å². The molecule has 1 aromatic rings. The van der Waals surface area contributed by atoms with Gasteiger partial charge in [0, 0.05) is 0 Å². The molecule has 1 aromatic carbocycles. The summed E-state index contributed by atoms with van der Waals surface area (Å²) in [4.78, 5) is 0. The Morgan fingerprint density at radius 1 is 1.18 bits per heavy atom. The number of aliphatic hydroxyl groups is 1. The molecule has 3 heteroatoms. The monoisotopic (exact) mass is 252 g/mol. The van der Waals surface area contributed by atoms with Gasteiger partial charge >= 0.3 is 0 Å². The first-order chi connectivity index (χ1) is 7.74. The van der Waals surface area contributed by atoms with E-state index in [9.17, 15) is 5.11 Å². The van der Waals surface area contributed by atoms with E-state index in [1.165, 1.54) is 0 Å². The van der Waals surface area contributed by atoms with E-state index >= 15 is 0 Å². The highest BCUT2D eigenvalue weighted by Gasteiger charge is 2.37. The van der Waals surface area contributed by atoms with Gasteiger partial charge in [0.1, 0.15) is 6.10 Å². The molecule has 0 amide bonds. The number of hydrogen-bond acceptors (Lipinski definition) is 2. The summed E-state index contributed by atoms with van der Waals surface area (Å²) in [5.74, 6) is 0. The molecule has 17 heavy (non-hydrogen) atoms. The number of benzene rings is 1. The lowest BCUT2D eigenvalue weighted by Gasteiger charge is -2.36. The van der Waals surface area contributed by atoms with Gasteiger partial charge in [-0.1, -0.05) is 51.1 Å². The first-order valence-corrected chi connectivity index (χ1v) is 9.02. The van der Waals surface area contributed by atoms with Gasteiger partial charge in [-0.2, -0.15) is 0 Å². The van der Waals surface area contributed by atoms with Gasteiger partial charge in [0.2, 0.25) is 0 Å². The van der Waals surface area contributed by atoms with Crippen LogP contribution in [0.15, 0.2) is 30.3 Å². The summed E-state index contributed by atoms with van der Waals surface area (Å²) in [6.45, 7) is 11.4. The fourth-order valence-electron chi connectivity index (χ4n) is 1.28. The molecule has 0 radical (unpaired) electrons. The average Bonchev–Trinajstić information content (AvgIpc) is 2.25. The van der Waals surface area contributed by atoms with Crippen LogP contribution in [0.4, 0.5) is 0 Å². The third-order valence-electron chi connectivity index (χ3n) is 3.59. The molecule has 1 N–H and O–H groups in total. The van der Waals surface area contributed by atoms with Crippen molar-refractivity contribution < 1.29 is 9.53 Å². The summed E-state index contributed by atoms with van der Waals surface area (Å²) < 4.78 is 6.00. The molecule has 0 unspecified atom stereocenters. The van der Waals surface area contributed by atoms with E-state index in [-0.39, 0.29) is 5.04 Å². The largest absolute Gasteiger partial charge is 0.414 e. The molecule has 2 nitrogen and oxygen atoms in total. The number of hydrogen-bond donors (Lipinski definition) is 1. The second-order valence-corrected chi connectivity index (χ2v) is 10.8. The smallest absolute Gasteiger partial charge is 0.192 e. The highest BCUT2D eigenvalue weighted by Crippen LogP contribution is 2.37. The van der Waals surface area contributed by atoms with Gasteiger partial charge in [0.15, 0.2) is 8.32 Å². The third-order valence-corrected chi connectivity index (χ3v) is 8.09. The Bertz CT molecular complexity index is 341. The van der Waals surface area contributed by atoms with Crippen LogP contribution in [-0.2, 0) is 4.43 Å². The van der Waals surface area contributed by atoms with Crippen LogP contribution in [0.5, 0.6) is 0 Å². The quantitative estimate of drug-likeness (QED) is 0.827. The second kappa shape index (κ2) is 5.34. The predicted octanol–water partition coefficient (Wildman–Crippen LogP) is 3.74. The standard InChI is InChI=1S/C14H24O2Si/c1-14(2,3)17(4,5)16-11-13(15)12-9-7-6-8-10-12/h6-10,13,15H,11H2,1-5H3/t13-/m0/s1. The molecule has 0 saturated carbocycles. The van der Waals surface area contributed by atoms with Gasteiger partial charge in [0.05, 0.1) is 6.61 Å². The normalized spacial score (nSPS) is 14.7. The Kier molecular flexibility index (Phi) is 4.53. The van der Waals surface area contributed by atoms with E-state index in [1.54, 1.807) is 0 Å². The number of rotatable bonds is 4.